The van der Waals surface area contributed by atoms with Gasteiger partial charge in [0.05, 0.1) is 6.10 Å². The maximum absolute atomic E-state index is 9.09. The first-order valence-corrected chi connectivity index (χ1v) is 3.51. The van der Waals surface area contributed by atoms with Crippen LogP contribution in [0.1, 0.15) is 18.6 Å². The van der Waals surface area contributed by atoms with Crippen LogP contribution in [-0.2, 0) is 0 Å². The minimum absolute atomic E-state index is 0. The Kier molecular flexibility index (Phi) is 5.40. The molecule has 0 amide bonds. The molecule has 1 nitrogen and oxygen atoms in total. The Morgan fingerprint density at radius 3 is 2.45 bits per heavy atom. The van der Waals surface area contributed by atoms with Crippen molar-refractivity contribution in [2.75, 3.05) is 0 Å². The molecule has 0 saturated heterocycles. The number of benzene rings is 1. The van der Waals surface area contributed by atoms with Crippen molar-refractivity contribution in [2.45, 2.75) is 13.0 Å². The van der Waals surface area contributed by atoms with Gasteiger partial charge >= 0.3 is 29.6 Å². The third-order valence-corrected chi connectivity index (χ3v) is 1.57. The zero-order chi connectivity index (χ0) is 7.56. The van der Waals surface area contributed by atoms with Crippen LogP contribution in [0.5, 0.6) is 0 Å². The molecule has 1 N–H and O–H groups in total. The second-order valence-electron chi connectivity index (χ2n) is 2.23. The number of aliphatic hydroxyl groups excluding tert-OH is 1. The van der Waals surface area contributed by atoms with E-state index < -0.39 is 6.10 Å². The predicted molar refractivity (Wildman–Crippen MR) is 49.2 cm³/mol. The molecule has 1 unspecified atom stereocenters. The van der Waals surface area contributed by atoms with Crippen LogP contribution in [0.2, 0.25) is 5.02 Å². The molecule has 56 valence electrons. The Morgan fingerprint density at radius 1 is 1.45 bits per heavy atom. The molecule has 11 heavy (non-hydrogen) atoms. The number of hydrogen-bond donors (Lipinski definition) is 1. The molecular weight excluding hydrogens is 171 g/mol. The van der Waals surface area contributed by atoms with E-state index in [2.05, 4.69) is 0 Å². The SMILES string of the molecule is CC(O)c1cccc(Cl)c1.[NaH]. The summed E-state index contributed by atoms with van der Waals surface area (Å²) < 4.78 is 0. The van der Waals surface area contributed by atoms with Gasteiger partial charge in [-0.25, -0.2) is 0 Å². The van der Waals surface area contributed by atoms with Gasteiger partial charge in [-0.05, 0) is 24.6 Å². The molecule has 0 radical (unpaired) electrons. The van der Waals surface area contributed by atoms with Crippen LogP contribution >= 0.6 is 11.6 Å². The second kappa shape index (κ2) is 5.18. The van der Waals surface area contributed by atoms with Crippen molar-refractivity contribution in [1.82, 2.24) is 0 Å². The van der Waals surface area contributed by atoms with Crippen LogP contribution in [0.3, 0.4) is 0 Å². The summed E-state index contributed by atoms with van der Waals surface area (Å²) in [5.41, 5.74) is 0.854. The van der Waals surface area contributed by atoms with Crippen LogP contribution in [0.25, 0.3) is 0 Å². The first-order chi connectivity index (χ1) is 4.70. The predicted octanol–water partition coefficient (Wildman–Crippen LogP) is 1.74. The summed E-state index contributed by atoms with van der Waals surface area (Å²) in [6, 6.07) is 7.21. The molecule has 0 bridgehead atoms. The average Bonchev–Trinajstić information content (AvgIpc) is 1.88. The summed E-state index contributed by atoms with van der Waals surface area (Å²) in [4.78, 5) is 0. The topological polar surface area (TPSA) is 20.2 Å². The first-order valence-electron chi connectivity index (χ1n) is 3.13. The van der Waals surface area contributed by atoms with Crippen molar-refractivity contribution in [1.29, 1.82) is 0 Å². The van der Waals surface area contributed by atoms with E-state index in [0.717, 1.165) is 5.56 Å². The van der Waals surface area contributed by atoms with E-state index in [0.29, 0.717) is 5.02 Å². The maximum atomic E-state index is 9.09. The monoisotopic (exact) mass is 180 g/mol. The van der Waals surface area contributed by atoms with Crippen molar-refractivity contribution in [3.63, 3.8) is 0 Å². The standard InChI is InChI=1S/C8H9ClO.Na.H/c1-6(10)7-3-2-4-8(9)5-7;;/h2-6,10H,1H3;;. The van der Waals surface area contributed by atoms with E-state index in [1.807, 2.05) is 12.1 Å². The molecule has 0 saturated carbocycles. The number of hydrogen-bond acceptors (Lipinski definition) is 1. The van der Waals surface area contributed by atoms with Crippen LogP contribution < -0.4 is 0 Å². The van der Waals surface area contributed by atoms with E-state index >= 15 is 0 Å². The molecule has 3 heteroatoms. The van der Waals surface area contributed by atoms with Gasteiger partial charge < -0.3 is 5.11 Å². The molecule has 0 heterocycles. The van der Waals surface area contributed by atoms with Crippen LogP contribution in [0.15, 0.2) is 24.3 Å². The molecule has 1 aromatic rings. The van der Waals surface area contributed by atoms with Gasteiger partial charge in [-0.15, -0.1) is 0 Å². The molecule has 0 aliphatic carbocycles. The van der Waals surface area contributed by atoms with E-state index in [1.54, 1.807) is 19.1 Å². The number of rotatable bonds is 1. The number of halogens is 1. The molecule has 1 atom stereocenters. The minimum atomic E-state index is -0.432. The second-order valence-corrected chi connectivity index (χ2v) is 2.67. The quantitative estimate of drug-likeness (QED) is 0.653. The number of aliphatic hydroxyl groups is 1. The van der Waals surface area contributed by atoms with Crippen LogP contribution in [0.4, 0.5) is 0 Å². The normalized spacial score (nSPS) is 11.9. The van der Waals surface area contributed by atoms with Crippen molar-refractivity contribution in [3.8, 4) is 0 Å². The molecule has 1 aromatic carbocycles. The van der Waals surface area contributed by atoms with Gasteiger partial charge in [-0.1, -0.05) is 23.7 Å². The Morgan fingerprint density at radius 2 is 2.09 bits per heavy atom. The van der Waals surface area contributed by atoms with Crippen LogP contribution in [0, 0.1) is 0 Å². The van der Waals surface area contributed by atoms with E-state index in [9.17, 15) is 0 Å². The van der Waals surface area contributed by atoms with Crippen molar-refractivity contribution in [2.24, 2.45) is 0 Å². The Hall–Kier alpha value is 0.470. The molecule has 0 spiro atoms. The Bertz CT molecular complexity index is 225. The summed E-state index contributed by atoms with van der Waals surface area (Å²) in [5.74, 6) is 0. The fourth-order valence-electron chi connectivity index (χ4n) is 0.766. The summed E-state index contributed by atoms with van der Waals surface area (Å²) in [6.45, 7) is 1.71. The van der Waals surface area contributed by atoms with Crippen LogP contribution in [-0.4, -0.2) is 34.7 Å². The average molecular weight is 181 g/mol. The van der Waals surface area contributed by atoms with Crippen molar-refractivity contribution < 1.29 is 5.11 Å². The fourth-order valence-corrected chi connectivity index (χ4v) is 0.965. The first kappa shape index (κ1) is 11.5. The fraction of sp³-hybridized carbons (Fsp3) is 0.250. The van der Waals surface area contributed by atoms with Gasteiger partial charge in [-0.3, -0.25) is 0 Å². The molecular formula is C8H10ClNaO. The summed E-state index contributed by atoms with van der Waals surface area (Å²) in [7, 11) is 0. The van der Waals surface area contributed by atoms with Gasteiger partial charge in [0, 0.05) is 5.02 Å². The third kappa shape index (κ3) is 3.59. The van der Waals surface area contributed by atoms with Gasteiger partial charge in [0.2, 0.25) is 0 Å². The van der Waals surface area contributed by atoms with Gasteiger partial charge in [0.1, 0.15) is 0 Å². The van der Waals surface area contributed by atoms with E-state index in [4.69, 9.17) is 16.7 Å². The molecule has 0 aromatic heterocycles. The third-order valence-electron chi connectivity index (χ3n) is 1.33. The van der Waals surface area contributed by atoms with Gasteiger partial charge in [0.15, 0.2) is 0 Å². The van der Waals surface area contributed by atoms with Crippen molar-refractivity contribution >= 4 is 41.2 Å². The zero-order valence-corrected chi connectivity index (χ0v) is 6.47. The molecule has 1 rings (SSSR count). The van der Waals surface area contributed by atoms with Gasteiger partial charge in [0.25, 0.3) is 0 Å². The Labute approximate surface area is 93.7 Å². The van der Waals surface area contributed by atoms with E-state index in [-0.39, 0.29) is 29.6 Å². The van der Waals surface area contributed by atoms with Crippen molar-refractivity contribution in [3.05, 3.63) is 34.9 Å². The zero-order valence-electron chi connectivity index (χ0n) is 5.71. The van der Waals surface area contributed by atoms with E-state index in [1.165, 1.54) is 0 Å². The Balaban J connectivity index is 0.000001000. The van der Waals surface area contributed by atoms with Gasteiger partial charge in [-0.2, -0.15) is 0 Å². The summed E-state index contributed by atoms with van der Waals surface area (Å²) in [5, 5.41) is 9.75. The molecule has 0 aliphatic heterocycles. The molecule has 0 aliphatic rings. The summed E-state index contributed by atoms with van der Waals surface area (Å²) >= 11 is 5.68. The summed E-state index contributed by atoms with van der Waals surface area (Å²) in [6.07, 6.45) is -0.432. The molecule has 0 fully saturated rings.